The van der Waals surface area contributed by atoms with Crippen molar-refractivity contribution < 1.29 is 9.15 Å². The van der Waals surface area contributed by atoms with Crippen LogP contribution < -0.4 is 0 Å². The first-order valence-corrected chi connectivity index (χ1v) is 7.71. The lowest BCUT2D eigenvalue weighted by Crippen LogP contribution is -2.04. The summed E-state index contributed by atoms with van der Waals surface area (Å²) in [4.78, 5) is 0. The third-order valence-electron chi connectivity index (χ3n) is 3.86. The summed E-state index contributed by atoms with van der Waals surface area (Å²) in [6, 6.07) is 18.8. The van der Waals surface area contributed by atoms with Crippen molar-refractivity contribution in [1.29, 1.82) is 0 Å². The van der Waals surface area contributed by atoms with Gasteiger partial charge >= 0.3 is 6.34 Å². The second-order valence-electron chi connectivity index (χ2n) is 5.50. The van der Waals surface area contributed by atoms with E-state index in [9.17, 15) is 0 Å². The lowest BCUT2D eigenvalue weighted by atomic mass is 10.1. The number of hydrogen-bond donors (Lipinski definition) is 0. The first-order valence-electron chi connectivity index (χ1n) is 7.71. The third kappa shape index (κ3) is 2.79. The monoisotopic (exact) mass is 297 g/mol. The Bertz CT molecular complexity index is 867. The molecule has 0 aromatic heterocycles. The fourth-order valence-electron chi connectivity index (χ4n) is 2.76. The van der Waals surface area contributed by atoms with E-state index in [1.807, 2.05) is 12.5 Å². The summed E-state index contributed by atoms with van der Waals surface area (Å²) in [5.74, 6) is 0. The normalized spacial score (nSPS) is 17.0. The van der Waals surface area contributed by atoms with E-state index in [4.69, 9.17) is 0 Å². The number of fused-ring (bicyclic) bond motifs is 1. The summed E-state index contributed by atoms with van der Waals surface area (Å²) in [6.07, 6.45) is 16.8. The number of rotatable bonds is 2. The number of benzene rings is 2. The van der Waals surface area contributed by atoms with E-state index in [1.54, 1.807) is 0 Å². The van der Waals surface area contributed by atoms with Crippen molar-refractivity contribution in [2.75, 3.05) is 0 Å². The number of para-hydroxylation sites is 2. The zero-order valence-corrected chi connectivity index (χ0v) is 12.7. The van der Waals surface area contributed by atoms with Gasteiger partial charge in [0.25, 0.3) is 11.4 Å². The molecule has 1 aliphatic carbocycles. The lowest BCUT2D eigenvalue weighted by Gasteiger charge is -2.04. The van der Waals surface area contributed by atoms with Crippen LogP contribution in [0.25, 0.3) is 0 Å². The SMILES string of the molecule is C1=CC(=C[N+]2=C[N+](=Cc3ccccc3)c3ccccc32)C=C[CH-]1. The van der Waals surface area contributed by atoms with E-state index >= 15 is 0 Å². The summed E-state index contributed by atoms with van der Waals surface area (Å²) < 4.78 is 4.34. The Morgan fingerprint density at radius 2 is 1.48 bits per heavy atom. The Kier molecular flexibility index (Phi) is 3.49. The second-order valence-corrected chi connectivity index (χ2v) is 5.50. The van der Waals surface area contributed by atoms with Crippen LogP contribution in [0.4, 0.5) is 11.4 Å². The molecule has 2 aromatic carbocycles. The highest BCUT2D eigenvalue weighted by Gasteiger charge is 2.31. The first-order chi connectivity index (χ1) is 11.4. The van der Waals surface area contributed by atoms with Gasteiger partial charge in [-0.2, -0.15) is 30.7 Å². The van der Waals surface area contributed by atoms with E-state index in [-0.39, 0.29) is 0 Å². The highest BCUT2D eigenvalue weighted by Crippen LogP contribution is 2.31. The molecule has 0 spiro atoms. The van der Waals surface area contributed by atoms with E-state index in [1.165, 1.54) is 22.5 Å². The maximum Gasteiger partial charge on any atom is 0.418 e. The fraction of sp³-hybridized carbons (Fsp3) is 0. The predicted octanol–water partition coefficient (Wildman–Crippen LogP) is 4.35. The Labute approximate surface area is 136 Å². The van der Waals surface area contributed by atoms with Gasteiger partial charge in [-0.25, -0.2) is 0 Å². The molecule has 0 atom stereocenters. The summed E-state index contributed by atoms with van der Waals surface area (Å²) in [5, 5.41) is 0. The molecule has 0 radical (unpaired) electrons. The van der Waals surface area contributed by atoms with Crippen LogP contribution in [0, 0.1) is 6.42 Å². The number of allylic oxidation sites excluding steroid dienone is 5. The molecular weight excluding hydrogens is 280 g/mol. The van der Waals surface area contributed by atoms with Gasteiger partial charge < -0.3 is 0 Å². The molecule has 1 aliphatic heterocycles. The Morgan fingerprint density at radius 3 is 2.26 bits per heavy atom. The minimum absolute atomic E-state index is 1.18. The molecule has 4 rings (SSSR count). The van der Waals surface area contributed by atoms with Gasteiger partial charge in [0.05, 0.1) is 0 Å². The molecule has 0 unspecified atom stereocenters. The molecule has 110 valence electrons. The van der Waals surface area contributed by atoms with E-state index in [0.717, 1.165) is 0 Å². The summed E-state index contributed by atoms with van der Waals surface area (Å²) in [5.41, 5.74) is 4.73. The Balaban J connectivity index is 1.79. The van der Waals surface area contributed by atoms with Crippen molar-refractivity contribution in [2.24, 2.45) is 0 Å². The summed E-state index contributed by atoms with van der Waals surface area (Å²) in [6.45, 7) is 0. The minimum atomic E-state index is 1.18. The molecule has 1 heterocycles. The number of hydrogen-bond acceptors (Lipinski definition) is 0. The summed E-state index contributed by atoms with van der Waals surface area (Å²) >= 11 is 0. The number of nitrogens with zero attached hydrogens (tertiary/aromatic N) is 2. The van der Waals surface area contributed by atoms with Crippen LogP contribution in [-0.2, 0) is 0 Å². The van der Waals surface area contributed by atoms with Crippen molar-refractivity contribution in [3.05, 3.63) is 103 Å². The Hall–Kier alpha value is -3.13. The average molecular weight is 297 g/mol. The molecule has 0 saturated heterocycles. The van der Waals surface area contributed by atoms with Crippen LogP contribution in [0.1, 0.15) is 5.56 Å². The van der Waals surface area contributed by atoms with Crippen LogP contribution in [0.3, 0.4) is 0 Å². The highest BCUT2D eigenvalue weighted by atomic mass is 15.2. The quantitative estimate of drug-likeness (QED) is 0.574. The predicted molar refractivity (Wildman–Crippen MR) is 94.6 cm³/mol. The highest BCUT2D eigenvalue weighted by molar-refractivity contribution is 5.81. The summed E-state index contributed by atoms with van der Waals surface area (Å²) in [7, 11) is 0. The van der Waals surface area contributed by atoms with Crippen LogP contribution in [0.15, 0.2) is 90.7 Å². The minimum Gasteiger partial charge on any atom is -0.172 e. The van der Waals surface area contributed by atoms with Crippen molar-refractivity contribution in [3.63, 3.8) is 0 Å². The van der Waals surface area contributed by atoms with E-state index in [2.05, 4.69) is 101 Å². The van der Waals surface area contributed by atoms with Crippen LogP contribution in [-0.4, -0.2) is 21.7 Å². The van der Waals surface area contributed by atoms with Crippen molar-refractivity contribution in [2.45, 2.75) is 0 Å². The first kappa shape index (κ1) is 13.5. The zero-order valence-electron chi connectivity index (χ0n) is 12.7. The molecule has 0 bridgehead atoms. The van der Waals surface area contributed by atoms with E-state index in [0.29, 0.717) is 0 Å². The third-order valence-corrected chi connectivity index (χ3v) is 3.86. The van der Waals surface area contributed by atoms with Gasteiger partial charge in [-0.1, -0.05) is 35.9 Å². The Morgan fingerprint density at radius 1 is 0.783 bits per heavy atom. The standard InChI is InChI=1S/C21H17N2/c1-3-9-18(10-4-1)15-22-17-23(16-19-11-5-2-6-12-19)21-14-8-7-13-20(21)22/h1-17H/q+1. The molecule has 0 N–H and O–H groups in total. The molecule has 2 aliphatic rings. The smallest absolute Gasteiger partial charge is 0.172 e. The molecule has 2 heteroatoms. The molecule has 0 amide bonds. The molecule has 23 heavy (non-hydrogen) atoms. The second kappa shape index (κ2) is 5.93. The largest absolute Gasteiger partial charge is 0.418 e. The van der Waals surface area contributed by atoms with Crippen LogP contribution >= 0.6 is 0 Å². The van der Waals surface area contributed by atoms with Gasteiger partial charge in [-0.15, -0.1) is 9.15 Å². The maximum atomic E-state index is 2.17. The van der Waals surface area contributed by atoms with Crippen LogP contribution in [0.2, 0.25) is 0 Å². The van der Waals surface area contributed by atoms with Gasteiger partial charge in [0.15, 0.2) is 12.4 Å². The van der Waals surface area contributed by atoms with Crippen molar-refractivity contribution in [3.8, 4) is 0 Å². The molecule has 0 saturated carbocycles. The average Bonchev–Trinajstić information content (AvgIpc) is 2.95. The fourth-order valence-corrected chi connectivity index (χ4v) is 2.76. The topological polar surface area (TPSA) is 6.02 Å². The lowest BCUT2D eigenvalue weighted by molar-refractivity contribution is -0.395. The van der Waals surface area contributed by atoms with Gasteiger partial charge in [-0.3, -0.25) is 0 Å². The maximum absolute atomic E-state index is 2.17. The van der Waals surface area contributed by atoms with Crippen molar-refractivity contribution >= 4 is 23.9 Å². The van der Waals surface area contributed by atoms with Gasteiger partial charge in [-0.05, 0) is 12.1 Å². The molecular formula is C21H17N2+. The molecule has 2 aromatic rings. The van der Waals surface area contributed by atoms with Crippen LogP contribution in [0.5, 0.6) is 0 Å². The molecule has 2 nitrogen and oxygen atoms in total. The van der Waals surface area contributed by atoms with Crippen molar-refractivity contribution in [1.82, 2.24) is 0 Å². The van der Waals surface area contributed by atoms with E-state index < -0.39 is 0 Å². The van der Waals surface area contributed by atoms with Gasteiger partial charge in [0.1, 0.15) is 0 Å². The zero-order chi connectivity index (χ0) is 15.5. The molecule has 0 fully saturated rings. The van der Waals surface area contributed by atoms with Gasteiger partial charge in [0.2, 0.25) is 0 Å². The van der Waals surface area contributed by atoms with Gasteiger partial charge in [0, 0.05) is 17.7 Å².